The monoisotopic (exact) mass is 518 g/mol. The standard InChI is InChI=1S/C25H26O8S2/c26-21-7-5-19(6-8-21)14-16-34-24(25(27)28)17-20-3-1-18(2-4-20)13-15-32-22-9-11-23(12-10-22)33-35(29,30)31/h1-12,24,26H,13-17H2,(H,27,28)(H,29,30,31)/t24-/m0/s1. The first-order chi connectivity index (χ1) is 16.7. The van der Waals surface area contributed by atoms with Crippen LogP contribution in [0.1, 0.15) is 16.7 Å². The average molecular weight is 519 g/mol. The predicted molar refractivity (Wildman–Crippen MR) is 134 cm³/mol. The topological polar surface area (TPSA) is 130 Å². The number of thioether (sulfide) groups is 1. The van der Waals surface area contributed by atoms with E-state index in [1.54, 1.807) is 12.1 Å². The van der Waals surface area contributed by atoms with Crippen LogP contribution in [0.15, 0.2) is 72.8 Å². The molecule has 0 aromatic heterocycles. The Kier molecular flexibility index (Phi) is 9.41. The lowest BCUT2D eigenvalue weighted by molar-refractivity contribution is -0.136. The molecule has 0 aliphatic carbocycles. The predicted octanol–water partition coefficient (Wildman–Crippen LogP) is 4.17. The lowest BCUT2D eigenvalue weighted by Crippen LogP contribution is -2.20. The van der Waals surface area contributed by atoms with Crippen LogP contribution in [0.3, 0.4) is 0 Å². The zero-order chi connectivity index (χ0) is 25.3. The van der Waals surface area contributed by atoms with Crippen molar-refractivity contribution in [3.05, 3.63) is 89.5 Å². The van der Waals surface area contributed by atoms with Crippen LogP contribution in [0, 0.1) is 0 Å². The fourth-order valence-corrected chi connectivity index (χ4v) is 4.70. The van der Waals surface area contributed by atoms with Gasteiger partial charge < -0.3 is 19.1 Å². The molecule has 0 amide bonds. The molecule has 3 rings (SSSR count). The summed E-state index contributed by atoms with van der Waals surface area (Å²) in [7, 11) is -4.56. The van der Waals surface area contributed by atoms with Crippen molar-refractivity contribution in [1.82, 2.24) is 0 Å². The summed E-state index contributed by atoms with van der Waals surface area (Å²) in [5.41, 5.74) is 3.02. The minimum absolute atomic E-state index is 0.0198. The van der Waals surface area contributed by atoms with Gasteiger partial charge in [0, 0.05) is 6.42 Å². The zero-order valence-corrected chi connectivity index (χ0v) is 20.4. The van der Waals surface area contributed by atoms with Crippen molar-refractivity contribution in [2.45, 2.75) is 24.5 Å². The molecule has 0 saturated heterocycles. The van der Waals surface area contributed by atoms with E-state index in [9.17, 15) is 23.4 Å². The first-order valence-corrected chi connectivity index (χ1v) is 13.2. The van der Waals surface area contributed by atoms with Crippen molar-refractivity contribution >= 4 is 28.1 Å². The Morgan fingerprint density at radius 2 is 1.37 bits per heavy atom. The Bertz CT molecular complexity index is 1190. The summed E-state index contributed by atoms with van der Waals surface area (Å²) >= 11 is 1.40. The van der Waals surface area contributed by atoms with Crippen molar-refractivity contribution in [2.75, 3.05) is 12.4 Å². The highest BCUT2D eigenvalue weighted by Crippen LogP contribution is 2.21. The molecule has 0 aliphatic rings. The molecule has 10 heteroatoms. The Morgan fingerprint density at radius 3 is 1.97 bits per heavy atom. The number of carboxylic acids is 1. The Hall–Kier alpha value is -3.21. The molecule has 0 bridgehead atoms. The summed E-state index contributed by atoms with van der Waals surface area (Å²) < 4.78 is 40.1. The number of carboxylic acid groups (broad SMARTS) is 1. The molecule has 0 unspecified atom stereocenters. The average Bonchev–Trinajstić information content (AvgIpc) is 2.81. The third kappa shape index (κ3) is 9.51. The second-order valence-electron chi connectivity index (χ2n) is 7.72. The second-order valence-corrected chi connectivity index (χ2v) is 10.0. The van der Waals surface area contributed by atoms with Gasteiger partial charge in [-0.25, -0.2) is 0 Å². The van der Waals surface area contributed by atoms with Gasteiger partial charge in [-0.05, 0) is 71.7 Å². The molecule has 0 spiro atoms. The summed E-state index contributed by atoms with van der Waals surface area (Å²) in [6, 6.07) is 20.5. The van der Waals surface area contributed by atoms with E-state index in [-0.39, 0.29) is 11.5 Å². The maximum absolute atomic E-state index is 11.7. The number of benzene rings is 3. The van der Waals surface area contributed by atoms with Gasteiger partial charge in [0.05, 0.1) is 6.61 Å². The molecule has 0 radical (unpaired) electrons. The van der Waals surface area contributed by atoms with Crippen LogP contribution in [-0.4, -0.2) is 46.8 Å². The van der Waals surface area contributed by atoms with Crippen molar-refractivity contribution in [1.29, 1.82) is 0 Å². The van der Waals surface area contributed by atoms with E-state index in [1.807, 2.05) is 36.4 Å². The Labute approximate surface area is 208 Å². The van der Waals surface area contributed by atoms with Gasteiger partial charge in [0.15, 0.2) is 0 Å². The van der Waals surface area contributed by atoms with Crippen molar-refractivity contribution in [3.63, 3.8) is 0 Å². The summed E-state index contributed by atoms with van der Waals surface area (Å²) in [6.45, 7) is 0.392. The lowest BCUT2D eigenvalue weighted by atomic mass is 10.1. The molecule has 186 valence electrons. The summed E-state index contributed by atoms with van der Waals surface area (Å²) in [5, 5.41) is 18.4. The second kappa shape index (κ2) is 12.5. The fraction of sp³-hybridized carbons (Fsp3) is 0.240. The number of phenols is 1. The molecule has 0 saturated carbocycles. The molecule has 3 N–H and O–H groups in total. The Morgan fingerprint density at radius 1 is 0.829 bits per heavy atom. The van der Waals surface area contributed by atoms with Gasteiger partial charge in [0.1, 0.15) is 22.5 Å². The van der Waals surface area contributed by atoms with Crippen LogP contribution >= 0.6 is 11.8 Å². The van der Waals surface area contributed by atoms with Crippen LogP contribution in [-0.2, 0) is 34.5 Å². The lowest BCUT2D eigenvalue weighted by Gasteiger charge is -2.13. The quantitative estimate of drug-likeness (QED) is 0.285. The number of phenolic OH excluding ortho intramolecular Hbond substituents is 1. The van der Waals surface area contributed by atoms with E-state index in [1.165, 1.54) is 36.0 Å². The molecule has 8 nitrogen and oxygen atoms in total. The number of aliphatic carboxylic acids is 1. The van der Waals surface area contributed by atoms with E-state index < -0.39 is 21.6 Å². The van der Waals surface area contributed by atoms with Gasteiger partial charge in [-0.3, -0.25) is 9.35 Å². The van der Waals surface area contributed by atoms with E-state index in [4.69, 9.17) is 9.29 Å². The largest absolute Gasteiger partial charge is 0.508 e. The van der Waals surface area contributed by atoms with Crippen LogP contribution in [0.4, 0.5) is 0 Å². The normalized spacial score (nSPS) is 12.1. The molecule has 0 aliphatic heterocycles. The molecule has 35 heavy (non-hydrogen) atoms. The molecule has 0 heterocycles. The van der Waals surface area contributed by atoms with Gasteiger partial charge in [-0.1, -0.05) is 36.4 Å². The molecular formula is C25H26O8S2. The van der Waals surface area contributed by atoms with Crippen LogP contribution < -0.4 is 8.92 Å². The third-order valence-corrected chi connectivity index (χ3v) is 6.66. The SMILES string of the molecule is O=C(O)[C@H](Cc1ccc(CCOc2ccc(OS(=O)(=O)O)cc2)cc1)SCCc1ccc(O)cc1. The van der Waals surface area contributed by atoms with Crippen molar-refractivity contribution in [2.24, 2.45) is 0 Å². The van der Waals surface area contributed by atoms with Gasteiger partial charge in [0.2, 0.25) is 0 Å². The van der Waals surface area contributed by atoms with E-state index in [0.29, 0.717) is 31.0 Å². The maximum Gasteiger partial charge on any atom is 0.446 e. The number of rotatable bonds is 13. The third-order valence-electron chi connectivity index (χ3n) is 5.05. The first-order valence-electron chi connectivity index (χ1n) is 10.8. The van der Waals surface area contributed by atoms with Crippen LogP contribution in [0.25, 0.3) is 0 Å². The van der Waals surface area contributed by atoms with Crippen LogP contribution in [0.2, 0.25) is 0 Å². The van der Waals surface area contributed by atoms with Gasteiger partial charge in [-0.15, -0.1) is 11.8 Å². The van der Waals surface area contributed by atoms with Gasteiger partial charge >= 0.3 is 16.4 Å². The molecular weight excluding hydrogens is 492 g/mol. The minimum Gasteiger partial charge on any atom is -0.508 e. The fourth-order valence-electron chi connectivity index (χ4n) is 3.26. The number of aromatic hydroxyl groups is 1. The summed E-state index contributed by atoms with van der Waals surface area (Å²) in [5.74, 6) is 0.542. The number of aryl methyl sites for hydroxylation is 1. The van der Waals surface area contributed by atoms with Crippen LogP contribution in [0.5, 0.6) is 17.2 Å². The van der Waals surface area contributed by atoms with E-state index >= 15 is 0 Å². The number of carbonyl (C=O) groups is 1. The highest BCUT2D eigenvalue weighted by atomic mass is 32.3. The highest BCUT2D eigenvalue weighted by molar-refractivity contribution is 8.00. The maximum atomic E-state index is 11.7. The molecule has 3 aromatic carbocycles. The van der Waals surface area contributed by atoms with Crippen molar-refractivity contribution in [3.8, 4) is 17.2 Å². The number of ether oxygens (including phenoxy) is 1. The molecule has 3 aromatic rings. The molecule has 1 atom stereocenters. The highest BCUT2D eigenvalue weighted by Gasteiger charge is 2.18. The summed E-state index contributed by atoms with van der Waals surface area (Å²) in [4.78, 5) is 11.7. The van der Waals surface area contributed by atoms with Crippen molar-refractivity contribution < 1.29 is 36.9 Å². The number of hydrogen-bond donors (Lipinski definition) is 3. The minimum atomic E-state index is -4.56. The van der Waals surface area contributed by atoms with E-state index in [2.05, 4.69) is 4.18 Å². The Balaban J connectivity index is 1.43. The van der Waals surface area contributed by atoms with Gasteiger partial charge in [0.25, 0.3) is 0 Å². The van der Waals surface area contributed by atoms with E-state index in [0.717, 1.165) is 23.1 Å². The molecule has 0 fully saturated rings. The van der Waals surface area contributed by atoms with Gasteiger partial charge in [-0.2, -0.15) is 8.42 Å². The number of hydrogen-bond acceptors (Lipinski definition) is 7. The smallest absolute Gasteiger partial charge is 0.446 e. The summed E-state index contributed by atoms with van der Waals surface area (Å²) in [6.07, 6.45) is 1.78. The first kappa shape index (κ1) is 26.4. The zero-order valence-electron chi connectivity index (χ0n) is 18.7.